The van der Waals surface area contributed by atoms with E-state index in [1.54, 1.807) is 6.92 Å². The van der Waals surface area contributed by atoms with Crippen molar-refractivity contribution in [2.45, 2.75) is 19.8 Å². The number of ether oxygens (including phenoxy) is 2. The second-order valence-electron chi connectivity index (χ2n) is 3.74. The lowest BCUT2D eigenvalue weighted by Gasteiger charge is -2.28. The van der Waals surface area contributed by atoms with Gasteiger partial charge in [0.2, 0.25) is 0 Å². The second-order valence-corrected chi connectivity index (χ2v) is 3.74. The van der Waals surface area contributed by atoms with E-state index in [-0.39, 0.29) is 19.2 Å². The van der Waals surface area contributed by atoms with Gasteiger partial charge in [-0.3, -0.25) is 4.79 Å². The maximum Gasteiger partial charge on any atom is 0.188 e. The minimum Gasteiger partial charge on any atom is -0.472 e. The van der Waals surface area contributed by atoms with E-state index in [2.05, 4.69) is 0 Å². The van der Waals surface area contributed by atoms with Crippen LogP contribution in [0.4, 0.5) is 0 Å². The smallest absolute Gasteiger partial charge is 0.188 e. The first-order valence-electron chi connectivity index (χ1n) is 4.60. The average molecular weight is 200 g/mol. The van der Waals surface area contributed by atoms with Gasteiger partial charge in [0.25, 0.3) is 0 Å². The molecule has 0 saturated carbocycles. The highest BCUT2D eigenvalue weighted by atomic mass is 16.7. The molecule has 1 rings (SSSR count). The number of aliphatic hydroxyl groups excluding tert-OH is 1. The van der Waals surface area contributed by atoms with Crippen LogP contribution in [0.1, 0.15) is 19.8 Å². The summed E-state index contributed by atoms with van der Waals surface area (Å²) in [6.07, 6.45) is 2.75. The van der Waals surface area contributed by atoms with Gasteiger partial charge < -0.3 is 14.6 Å². The number of hydrogen-bond donors (Lipinski definition) is 1. The molecule has 0 aromatic rings. The monoisotopic (exact) mass is 200 g/mol. The van der Waals surface area contributed by atoms with Gasteiger partial charge in [0, 0.05) is 19.6 Å². The second kappa shape index (κ2) is 4.57. The Bertz CT molecular complexity index is 247. The van der Waals surface area contributed by atoms with Gasteiger partial charge >= 0.3 is 0 Å². The Labute approximate surface area is 83.5 Å². The topological polar surface area (TPSA) is 55.8 Å². The maximum absolute atomic E-state index is 11.6. The van der Waals surface area contributed by atoms with Gasteiger partial charge in [-0.2, -0.15) is 0 Å². The van der Waals surface area contributed by atoms with Gasteiger partial charge in [-0.15, -0.1) is 0 Å². The number of aliphatic hydroxyl groups is 1. The fourth-order valence-corrected chi connectivity index (χ4v) is 1.32. The maximum atomic E-state index is 11.6. The Kier molecular flexibility index (Phi) is 3.66. The quantitative estimate of drug-likeness (QED) is 0.683. The Morgan fingerprint density at radius 3 is 2.86 bits per heavy atom. The molecule has 0 saturated heterocycles. The van der Waals surface area contributed by atoms with Crippen LogP contribution in [0.25, 0.3) is 0 Å². The molecule has 0 aromatic carbocycles. The molecule has 0 spiro atoms. The predicted octanol–water partition coefficient (Wildman–Crippen LogP) is 0.852. The SMILES string of the molecule is COCOC1=CC(=O)C(C)(CO)CC1. The molecule has 1 N–H and O–H groups in total. The molecule has 0 aliphatic heterocycles. The van der Waals surface area contributed by atoms with Crippen LogP contribution < -0.4 is 0 Å². The van der Waals surface area contributed by atoms with Crippen LogP contribution in [-0.4, -0.2) is 31.4 Å². The normalized spacial score (nSPS) is 27.4. The number of allylic oxidation sites excluding steroid dienone is 2. The first-order chi connectivity index (χ1) is 6.62. The van der Waals surface area contributed by atoms with E-state index in [0.717, 1.165) is 0 Å². The molecule has 1 aliphatic carbocycles. The largest absolute Gasteiger partial charge is 0.472 e. The molecule has 1 atom stereocenters. The molecular formula is C10H16O4. The van der Waals surface area contributed by atoms with Crippen molar-refractivity contribution < 1.29 is 19.4 Å². The summed E-state index contributed by atoms with van der Waals surface area (Å²) in [5.74, 6) is 0.570. The zero-order chi connectivity index (χ0) is 10.6. The fourth-order valence-electron chi connectivity index (χ4n) is 1.32. The van der Waals surface area contributed by atoms with E-state index in [0.29, 0.717) is 18.6 Å². The van der Waals surface area contributed by atoms with Gasteiger partial charge in [0.05, 0.1) is 12.0 Å². The van der Waals surface area contributed by atoms with Crippen LogP contribution in [0.5, 0.6) is 0 Å². The number of hydrogen-bond acceptors (Lipinski definition) is 4. The van der Waals surface area contributed by atoms with Gasteiger partial charge in [-0.25, -0.2) is 0 Å². The van der Waals surface area contributed by atoms with Crippen molar-refractivity contribution in [3.05, 3.63) is 11.8 Å². The molecule has 0 amide bonds. The Balaban J connectivity index is 2.61. The summed E-state index contributed by atoms with van der Waals surface area (Å²) < 4.78 is 9.91. The Hall–Kier alpha value is -0.870. The lowest BCUT2D eigenvalue weighted by atomic mass is 9.78. The number of carbonyl (C=O) groups is 1. The van der Waals surface area contributed by atoms with Crippen molar-refractivity contribution in [2.24, 2.45) is 5.41 Å². The van der Waals surface area contributed by atoms with Crippen LogP contribution in [0, 0.1) is 5.41 Å². The minimum absolute atomic E-state index is 0.0719. The highest BCUT2D eigenvalue weighted by Crippen LogP contribution is 2.31. The molecule has 1 unspecified atom stereocenters. The van der Waals surface area contributed by atoms with Crippen molar-refractivity contribution in [1.29, 1.82) is 0 Å². The number of ketones is 1. The van der Waals surface area contributed by atoms with Gasteiger partial charge in [0.1, 0.15) is 5.76 Å². The highest BCUT2D eigenvalue weighted by Gasteiger charge is 2.34. The summed E-state index contributed by atoms with van der Waals surface area (Å²) in [6.45, 7) is 1.81. The third kappa shape index (κ3) is 2.33. The van der Waals surface area contributed by atoms with Gasteiger partial charge in [-0.05, 0) is 6.42 Å². The molecule has 14 heavy (non-hydrogen) atoms. The Morgan fingerprint density at radius 1 is 1.64 bits per heavy atom. The van der Waals surface area contributed by atoms with Gasteiger partial charge in [-0.1, -0.05) is 6.92 Å². The average Bonchev–Trinajstić information content (AvgIpc) is 2.20. The Morgan fingerprint density at radius 2 is 2.36 bits per heavy atom. The van der Waals surface area contributed by atoms with Crippen molar-refractivity contribution in [2.75, 3.05) is 20.5 Å². The third-order valence-electron chi connectivity index (χ3n) is 2.52. The van der Waals surface area contributed by atoms with E-state index in [1.165, 1.54) is 13.2 Å². The van der Waals surface area contributed by atoms with Gasteiger partial charge in [0.15, 0.2) is 12.6 Å². The fraction of sp³-hybridized carbons (Fsp3) is 0.700. The van der Waals surface area contributed by atoms with Crippen LogP contribution >= 0.6 is 0 Å². The molecule has 0 radical (unpaired) electrons. The zero-order valence-corrected chi connectivity index (χ0v) is 8.58. The van der Waals surface area contributed by atoms with E-state index < -0.39 is 5.41 Å². The highest BCUT2D eigenvalue weighted by molar-refractivity contribution is 5.95. The molecule has 4 heteroatoms. The standard InChI is InChI=1S/C10H16O4/c1-10(6-11)4-3-8(5-9(10)12)14-7-13-2/h5,11H,3-4,6-7H2,1-2H3. The van der Waals surface area contributed by atoms with E-state index >= 15 is 0 Å². The molecule has 0 bridgehead atoms. The van der Waals surface area contributed by atoms with Crippen molar-refractivity contribution in [3.8, 4) is 0 Å². The van der Waals surface area contributed by atoms with Crippen molar-refractivity contribution >= 4 is 5.78 Å². The lowest BCUT2D eigenvalue weighted by molar-refractivity contribution is -0.127. The van der Waals surface area contributed by atoms with Crippen LogP contribution in [0.15, 0.2) is 11.8 Å². The molecule has 80 valence electrons. The first-order valence-corrected chi connectivity index (χ1v) is 4.60. The van der Waals surface area contributed by atoms with Crippen LogP contribution in [0.3, 0.4) is 0 Å². The van der Waals surface area contributed by atoms with E-state index in [1.807, 2.05) is 0 Å². The van der Waals surface area contributed by atoms with Crippen molar-refractivity contribution in [3.63, 3.8) is 0 Å². The predicted molar refractivity (Wildman–Crippen MR) is 50.5 cm³/mol. The van der Waals surface area contributed by atoms with Crippen LogP contribution in [-0.2, 0) is 14.3 Å². The summed E-state index contributed by atoms with van der Waals surface area (Å²) >= 11 is 0. The lowest BCUT2D eigenvalue weighted by Crippen LogP contribution is -2.33. The number of rotatable bonds is 4. The molecule has 0 aromatic heterocycles. The minimum atomic E-state index is -0.625. The third-order valence-corrected chi connectivity index (χ3v) is 2.52. The molecule has 0 heterocycles. The summed E-state index contributed by atoms with van der Waals surface area (Å²) in [5, 5.41) is 9.07. The van der Waals surface area contributed by atoms with E-state index in [4.69, 9.17) is 14.6 Å². The van der Waals surface area contributed by atoms with Crippen molar-refractivity contribution in [1.82, 2.24) is 0 Å². The molecule has 4 nitrogen and oxygen atoms in total. The molecule has 1 aliphatic rings. The zero-order valence-electron chi connectivity index (χ0n) is 8.58. The summed E-state index contributed by atoms with van der Waals surface area (Å²) in [7, 11) is 1.53. The summed E-state index contributed by atoms with van der Waals surface area (Å²) in [5.41, 5.74) is -0.625. The first kappa shape index (κ1) is 11.2. The molecule has 0 fully saturated rings. The van der Waals surface area contributed by atoms with E-state index in [9.17, 15) is 4.79 Å². The summed E-state index contributed by atoms with van der Waals surface area (Å²) in [6, 6.07) is 0. The summed E-state index contributed by atoms with van der Waals surface area (Å²) in [4.78, 5) is 11.6. The number of carbonyl (C=O) groups excluding carboxylic acids is 1. The number of methoxy groups -OCH3 is 1. The molecular weight excluding hydrogens is 184 g/mol. The van der Waals surface area contributed by atoms with Crippen LogP contribution in [0.2, 0.25) is 0 Å².